The number of carbonyl (C=O) groups is 1. The highest BCUT2D eigenvalue weighted by Gasteiger charge is 2.17. The van der Waals surface area contributed by atoms with E-state index in [4.69, 9.17) is 4.74 Å². The van der Waals surface area contributed by atoms with E-state index in [-0.39, 0.29) is 0 Å². The van der Waals surface area contributed by atoms with E-state index >= 15 is 0 Å². The molecule has 2 rings (SSSR count). The van der Waals surface area contributed by atoms with Gasteiger partial charge in [0.1, 0.15) is 10.2 Å². The average Bonchev–Trinajstić information content (AvgIpc) is 2.27. The fraction of sp³-hybridized carbons (Fsp3) is 0.286. The van der Waals surface area contributed by atoms with E-state index in [2.05, 4.69) is 26.2 Å². The van der Waals surface area contributed by atoms with Gasteiger partial charge in [-0.05, 0) is 48.8 Å². The molecule has 1 heterocycles. The van der Waals surface area contributed by atoms with Crippen LogP contribution in [0.1, 0.15) is 20.8 Å². The Hall–Kier alpha value is -1.62. The van der Waals surface area contributed by atoms with Crippen LogP contribution in [0.5, 0.6) is 0 Å². The van der Waals surface area contributed by atoms with Gasteiger partial charge in [-0.15, -0.1) is 0 Å². The minimum Gasteiger partial charge on any atom is -0.444 e. The van der Waals surface area contributed by atoms with Crippen LogP contribution in [0.2, 0.25) is 0 Å². The lowest BCUT2D eigenvalue weighted by molar-refractivity contribution is 0.0636. The number of aromatic nitrogens is 1. The number of hydrogen-bond acceptors (Lipinski definition) is 3. The molecule has 2 aromatic rings. The van der Waals surface area contributed by atoms with Crippen molar-refractivity contribution in [1.82, 2.24) is 4.98 Å². The molecule has 0 saturated carbocycles. The van der Waals surface area contributed by atoms with Crippen LogP contribution in [0, 0.1) is 0 Å². The van der Waals surface area contributed by atoms with Crippen LogP contribution >= 0.6 is 15.9 Å². The van der Waals surface area contributed by atoms with Gasteiger partial charge in [0, 0.05) is 5.39 Å². The lowest BCUT2D eigenvalue weighted by Crippen LogP contribution is -2.27. The molecule has 0 saturated heterocycles. The summed E-state index contributed by atoms with van der Waals surface area (Å²) in [4.78, 5) is 16.1. The monoisotopic (exact) mass is 322 g/mol. The molecule has 1 aromatic carbocycles. The third-order valence-electron chi connectivity index (χ3n) is 2.31. The van der Waals surface area contributed by atoms with E-state index in [1.54, 1.807) is 0 Å². The number of para-hydroxylation sites is 1. The van der Waals surface area contributed by atoms with Gasteiger partial charge in [-0.25, -0.2) is 9.78 Å². The van der Waals surface area contributed by atoms with Crippen molar-refractivity contribution < 1.29 is 9.53 Å². The first-order valence-corrected chi connectivity index (χ1v) is 6.70. The first kappa shape index (κ1) is 13.8. The van der Waals surface area contributed by atoms with Gasteiger partial charge in [0.25, 0.3) is 0 Å². The van der Waals surface area contributed by atoms with Crippen molar-refractivity contribution in [3.05, 3.63) is 34.9 Å². The standard InChI is InChI=1S/C14H15BrN2O2/c1-14(2,3)19-13(18)17-11-8-9-6-4-5-7-10(9)16-12(11)15/h4-8H,1-3H3,(H,17,18). The summed E-state index contributed by atoms with van der Waals surface area (Å²) in [7, 11) is 0. The second kappa shape index (κ2) is 5.17. The van der Waals surface area contributed by atoms with E-state index < -0.39 is 11.7 Å². The van der Waals surface area contributed by atoms with Crippen LogP contribution in [-0.2, 0) is 4.74 Å². The van der Waals surface area contributed by atoms with Gasteiger partial charge in [-0.1, -0.05) is 18.2 Å². The van der Waals surface area contributed by atoms with Gasteiger partial charge in [0.15, 0.2) is 0 Å². The highest BCUT2D eigenvalue weighted by atomic mass is 79.9. The van der Waals surface area contributed by atoms with Gasteiger partial charge in [-0.3, -0.25) is 5.32 Å². The summed E-state index contributed by atoms with van der Waals surface area (Å²) in [5, 5.41) is 3.64. The minimum atomic E-state index is -0.527. The van der Waals surface area contributed by atoms with Crippen molar-refractivity contribution in [3.63, 3.8) is 0 Å². The van der Waals surface area contributed by atoms with Crippen LogP contribution in [0.3, 0.4) is 0 Å². The molecule has 1 aromatic heterocycles. The lowest BCUT2D eigenvalue weighted by atomic mass is 10.2. The summed E-state index contributed by atoms with van der Waals surface area (Å²) >= 11 is 3.34. The Morgan fingerprint density at radius 3 is 2.68 bits per heavy atom. The summed E-state index contributed by atoms with van der Waals surface area (Å²) in [6, 6.07) is 9.56. The van der Waals surface area contributed by atoms with Gasteiger partial charge < -0.3 is 4.74 Å². The van der Waals surface area contributed by atoms with Crippen molar-refractivity contribution >= 4 is 38.6 Å². The second-order valence-electron chi connectivity index (χ2n) is 5.15. The molecule has 0 radical (unpaired) electrons. The van der Waals surface area contributed by atoms with E-state index in [9.17, 15) is 4.79 Å². The number of nitrogens with zero attached hydrogens (tertiary/aromatic N) is 1. The minimum absolute atomic E-state index is 0.495. The molecule has 0 bridgehead atoms. The second-order valence-corrected chi connectivity index (χ2v) is 5.90. The molecule has 1 amide bonds. The maximum absolute atomic E-state index is 11.7. The molecule has 0 fully saturated rings. The van der Waals surface area contributed by atoms with Crippen LogP contribution in [0.25, 0.3) is 10.9 Å². The van der Waals surface area contributed by atoms with E-state index in [1.165, 1.54) is 0 Å². The maximum atomic E-state index is 11.7. The van der Waals surface area contributed by atoms with Crippen LogP contribution in [0.15, 0.2) is 34.9 Å². The largest absolute Gasteiger partial charge is 0.444 e. The van der Waals surface area contributed by atoms with Gasteiger partial charge in [0.05, 0.1) is 11.2 Å². The fourth-order valence-corrected chi connectivity index (χ4v) is 2.00. The molecule has 5 heteroatoms. The Morgan fingerprint density at radius 1 is 1.32 bits per heavy atom. The average molecular weight is 323 g/mol. The summed E-state index contributed by atoms with van der Waals surface area (Å²) in [5.74, 6) is 0. The Morgan fingerprint density at radius 2 is 2.00 bits per heavy atom. The molecule has 4 nitrogen and oxygen atoms in total. The van der Waals surface area contributed by atoms with Crippen LogP contribution in [-0.4, -0.2) is 16.7 Å². The zero-order valence-corrected chi connectivity index (χ0v) is 12.6. The number of pyridine rings is 1. The molecule has 0 aliphatic carbocycles. The molecule has 19 heavy (non-hydrogen) atoms. The number of fused-ring (bicyclic) bond motifs is 1. The Labute approximate surface area is 120 Å². The Balaban J connectivity index is 2.25. The number of nitrogens with one attached hydrogen (secondary N) is 1. The smallest absolute Gasteiger partial charge is 0.412 e. The van der Waals surface area contributed by atoms with Gasteiger partial charge in [-0.2, -0.15) is 0 Å². The molecule has 0 unspecified atom stereocenters. The summed E-state index contributed by atoms with van der Waals surface area (Å²) in [6.07, 6.45) is -0.495. The molecule has 1 N–H and O–H groups in total. The number of rotatable bonds is 1. The predicted molar refractivity (Wildman–Crippen MR) is 79.3 cm³/mol. The van der Waals surface area contributed by atoms with Gasteiger partial charge in [0.2, 0.25) is 0 Å². The molecule has 100 valence electrons. The lowest BCUT2D eigenvalue weighted by Gasteiger charge is -2.20. The molecular formula is C14H15BrN2O2. The topological polar surface area (TPSA) is 51.2 Å². The van der Waals surface area contributed by atoms with Crippen molar-refractivity contribution in [3.8, 4) is 0 Å². The van der Waals surface area contributed by atoms with Crippen molar-refractivity contribution in [2.75, 3.05) is 5.32 Å². The number of ether oxygens (including phenoxy) is 1. The zero-order valence-electron chi connectivity index (χ0n) is 11.0. The first-order chi connectivity index (χ1) is 8.85. The maximum Gasteiger partial charge on any atom is 0.412 e. The molecule has 0 aliphatic heterocycles. The van der Waals surface area contributed by atoms with Crippen molar-refractivity contribution in [2.24, 2.45) is 0 Å². The van der Waals surface area contributed by atoms with E-state index in [0.29, 0.717) is 10.3 Å². The number of benzene rings is 1. The molecule has 0 atom stereocenters. The number of hydrogen-bond donors (Lipinski definition) is 1. The fourth-order valence-electron chi connectivity index (χ4n) is 1.59. The van der Waals surface area contributed by atoms with E-state index in [0.717, 1.165) is 10.9 Å². The third-order valence-corrected chi connectivity index (χ3v) is 2.92. The van der Waals surface area contributed by atoms with Crippen LogP contribution < -0.4 is 5.32 Å². The third kappa shape index (κ3) is 3.67. The van der Waals surface area contributed by atoms with Gasteiger partial charge >= 0.3 is 6.09 Å². The number of amides is 1. The van der Waals surface area contributed by atoms with Crippen LogP contribution in [0.4, 0.5) is 10.5 Å². The Bertz CT molecular complexity index is 620. The SMILES string of the molecule is CC(C)(C)OC(=O)Nc1cc2ccccc2nc1Br. The van der Waals surface area contributed by atoms with E-state index in [1.807, 2.05) is 51.1 Å². The summed E-state index contributed by atoms with van der Waals surface area (Å²) in [6.45, 7) is 5.46. The number of anilines is 1. The molecule has 0 spiro atoms. The predicted octanol–water partition coefficient (Wildman–Crippen LogP) is 4.34. The quantitative estimate of drug-likeness (QED) is 0.794. The van der Waals surface area contributed by atoms with Crippen molar-refractivity contribution in [2.45, 2.75) is 26.4 Å². The zero-order chi connectivity index (χ0) is 14.0. The highest BCUT2D eigenvalue weighted by molar-refractivity contribution is 9.10. The summed E-state index contributed by atoms with van der Waals surface area (Å²) in [5.41, 5.74) is 0.929. The van der Waals surface area contributed by atoms with Crippen molar-refractivity contribution in [1.29, 1.82) is 0 Å². The molecule has 0 aliphatic rings. The number of carbonyl (C=O) groups excluding carboxylic acids is 1. The normalized spacial score (nSPS) is 11.4. The molecular weight excluding hydrogens is 308 g/mol. The highest BCUT2D eigenvalue weighted by Crippen LogP contribution is 2.25. The number of halogens is 1. The first-order valence-electron chi connectivity index (χ1n) is 5.90. The Kier molecular flexibility index (Phi) is 3.75. The summed E-state index contributed by atoms with van der Waals surface area (Å²) < 4.78 is 5.79.